The zero-order valence-electron chi connectivity index (χ0n) is 12.0. The van der Waals surface area contributed by atoms with Crippen molar-refractivity contribution in [3.8, 4) is 0 Å². The Morgan fingerprint density at radius 1 is 1.14 bits per heavy atom. The molecule has 0 heterocycles. The number of benzene rings is 2. The molecule has 2 atom stereocenters. The number of carbonyl (C=O) groups excluding carboxylic acids is 1. The Hall–Kier alpha value is -2.16. The molecule has 0 saturated heterocycles. The van der Waals surface area contributed by atoms with Crippen molar-refractivity contribution < 1.29 is 9.18 Å². The average Bonchev–Trinajstić information content (AvgIpc) is 3.29. The van der Waals surface area contributed by atoms with E-state index in [-0.39, 0.29) is 23.6 Å². The molecule has 1 saturated carbocycles. The molecule has 3 heteroatoms. The maximum absolute atomic E-state index is 12.9. The molecule has 0 bridgehead atoms. The second-order valence-electron chi connectivity index (χ2n) is 5.54. The lowest BCUT2D eigenvalue weighted by atomic mass is 10.1. The van der Waals surface area contributed by atoms with E-state index >= 15 is 0 Å². The highest BCUT2D eigenvalue weighted by molar-refractivity contribution is 5.95. The molecule has 0 radical (unpaired) electrons. The molecule has 3 rings (SSSR count). The van der Waals surface area contributed by atoms with Gasteiger partial charge in [-0.15, -0.1) is 0 Å². The van der Waals surface area contributed by atoms with E-state index in [0.717, 1.165) is 24.1 Å². The van der Waals surface area contributed by atoms with E-state index in [9.17, 15) is 9.18 Å². The average molecular weight is 283 g/mol. The van der Waals surface area contributed by atoms with Crippen molar-refractivity contribution in [1.29, 1.82) is 0 Å². The fourth-order valence-electron chi connectivity index (χ4n) is 2.62. The molecule has 2 unspecified atom stereocenters. The van der Waals surface area contributed by atoms with Crippen LogP contribution in [0.4, 0.5) is 10.1 Å². The highest BCUT2D eigenvalue weighted by atomic mass is 19.1. The Labute approximate surface area is 124 Å². The lowest BCUT2D eigenvalue weighted by molar-refractivity contribution is -0.117. The first kappa shape index (κ1) is 13.8. The van der Waals surface area contributed by atoms with Crippen molar-refractivity contribution >= 4 is 11.6 Å². The van der Waals surface area contributed by atoms with Gasteiger partial charge in [-0.1, -0.05) is 31.2 Å². The third-order valence-corrected chi connectivity index (χ3v) is 4.06. The summed E-state index contributed by atoms with van der Waals surface area (Å²) in [6.45, 7) is 2.10. The van der Waals surface area contributed by atoms with Gasteiger partial charge in [-0.25, -0.2) is 4.39 Å². The van der Waals surface area contributed by atoms with E-state index in [1.807, 2.05) is 24.3 Å². The van der Waals surface area contributed by atoms with Gasteiger partial charge in [0.05, 0.1) is 0 Å². The molecular formula is C18H18FNO. The first-order valence-electron chi connectivity index (χ1n) is 7.32. The predicted octanol–water partition coefficient (Wildman–Crippen LogP) is 4.13. The van der Waals surface area contributed by atoms with Crippen molar-refractivity contribution in [1.82, 2.24) is 0 Å². The van der Waals surface area contributed by atoms with Crippen LogP contribution >= 0.6 is 0 Å². The van der Waals surface area contributed by atoms with E-state index in [0.29, 0.717) is 0 Å². The number of rotatable bonds is 4. The molecule has 2 aromatic carbocycles. The number of amides is 1. The van der Waals surface area contributed by atoms with E-state index in [2.05, 4.69) is 12.2 Å². The molecule has 2 aromatic rings. The fraction of sp³-hybridized carbons (Fsp3) is 0.278. The smallest absolute Gasteiger partial charge is 0.228 e. The Morgan fingerprint density at radius 2 is 1.81 bits per heavy atom. The van der Waals surface area contributed by atoms with Gasteiger partial charge in [-0.2, -0.15) is 0 Å². The molecule has 1 amide bonds. The quantitative estimate of drug-likeness (QED) is 0.898. The van der Waals surface area contributed by atoms with Crippen molar-refractivity contribution in [3.63, 3.8) is 0 Å². The topological polar surface area (TPSA) is 29.1 Å². The summed E-state index contributed by atoms with van der Waals surface area (Å²) in [6.07, 6.45) is 1.83. The highest BCUT2D eigenvalue weighted by Gasteiger charge is 2.43. The standard InChI is InChI=1S/C18H18FNO/c1-2-12-3-9-15(10-4-12)20-18(21)17-11-16(17)13-5-7-14(19)8-6-13/h3-10,16-17H,2,11H2,1H3,(H,20,21). The minimum Gasteiger partial charge on any atom is -0.326 e. The largest absolute Gasteiger partial charge is 0.326 e. The number of hydrogen-bond donors (Lipinski definition) is 1. The van der Waals surface area contributed by atoms with Crippen LogP contribution in [0.3, 0.4) is 0 Å². The van der Waals surface area contributed by atoms with Crippen LogP contribution in [0, 0.1) is 11.7 Å². The SMILES string of the molecule is CCc1ccc(NC(=O)C2CC2c2ccc(F)cc2)cc1. The molecule has 108 valence electrons. The van der Waals surface area contributed by atoms with Crippen LogP contribution in [0.25, 0.3) is 0 Å². The summed E-state index contributed by atoms with van der Waals surface area (Å²) >= 11 is 0. The number of hydrogen-bond acceptors (Lipinski definition) is 1. The Balaban J connectivity index is 1.60. The van der Waals surface area contributed by atoms with E-state index in [4.69, 9.17) is 0 Å². The Bertz CT molecular complexity index is 633. The third kappa shape index (κ3) is 3.13. The molecule has 1 fully saturated rings. The normalized spacial score (nSPS) is 20.1. The number of aryl methyl sites for hydroxylation is 1. The summed E-state index contributed by atoms with van der Waals surface area (Å²) < 4.78 is 12.9. The first-order valence-corrected chi connectivity index (χ1v) is 7.32. The Kier molecular flexibility index (Phi) is 3.74. The molecule has 0 aromatic heterocycles. The number of anilines is 1. The van der Waals surface area contributed by atoms with Gasteiger partial charge in [0.1, 0.15) is 5.82 Å². The molecule has 1 aliphatic rings. The van der Waals surface area contributed by atoms with Crippen LogP contribution in [0.1, 0.15) is 30.4 Å². The second kappa shape index (κ2) is 5.68. The number of nitrogens with one attached hydrogen (secondary N) is 1. The van der Waals surface area contributed by atoms with Gasteiger partial charge >= 0.3 is 0 Å². The van der Waals surface area contributed by atoms with E-state index in [1.165, 1.54) is 17.7 Å². The lowest BCUT2D eigenvalue weighted by Gasteiger charge is -2.06. The summed E-state index contributed by atoms with van der Waals surface area (Å²) in [4.78, 5) is 12.2. The van der Waals surface area contributed by atoms with Gasteiger partial charge in [0, 0.05) is 11.6 Å². The van der Waals surface area contributed by atoms with Gasteiger partial charge in [-0.3, -0.25) is 4.79 Å². The molecule has 0 spiro atoms. The van der Waals surface area contributed by atoms with Crippen molar-refractivity contribution in [2.45, 2.75) is 25.7 Å². The third-order valence-electron chi connectivity index (χ3n) is 4.06. The summed E-state index contributed by atoms with van der Waals surface area (Å²) in [6, 6.07) is 14.4. The second-order valence-corrected chi connectivity index (χ2v) is 5.54. The molecule has 0 aliphatic heterocycles. The fourth-order valence-corrected chi connectivity index (χ4v) is 2.62. The van der Waals surface area contributed by atoms with Gasteiger partial charge in [0.15, 0.2) is 0 Å². The monoisotopic (exact) mass is 283 g/mol. The first-order chi connectivity index (χ1) is 10.2. The molecule has 2 nitrogen and oxygen atoms in total. The molecule has 1 aliphatic carbocycles. The zero-order valence-corrected chi connectivity index (χ0v) is 12.0. The maximum atomic E-state index is 12.9. The van der Waals surface area contributed by atoms with Crippen LogP contribution < -0.4 is 5.32 Å². The van der Waals surface area contributed by atoms with Gasteiger partial charge < -0.3 is 5.32 Å². The minimum absolute atomic E-state index is 0.00122. The number of halogens is 1. The van der Waals surface area contributed by atoms with E-state index in [1.54, 1.807) is 12.1 Å². The summed E-state index contributed by atoms with van der Waals surface area (Å²) in [5.74, 6) is 0.0341. The highest BCUT2D eigenvalue weighted by Crippen LogP contribution is 2.47. The van der Waals surface area contributed by atoms with Gasteiger partial charge in [-0.05, 0) is 54.2 Å². The van der Waals surface area contributed by atoms with E-state index < -0.39 is 0 Å². The lowest BCUT2D eigenvalue weighted by Crippen LogP contribution is -2.14. The molecular weight excluding hydrogens is 265 g/mol. The molecule has 1 N–H and O–H groups in total. The summed E-state index contributed by atoms with van der Waals surface area (Å²) in [5, 5.41) is 2.95. The van der Waals surface area contributed by atoms with Crippen molar-refractivity contribution in [2.24, 2.45) is 5.92 Å². The zero-order chi connectivity index (χ0) is 14.8. The predicted molar refractivity (Wildman–Crippen MR) is 81.7 cm³/mol. The summed E-state index contributed by atoms with van der Waals surface area (Å²) in [7, 11) is 0. The van der Waals surface area contributed by atoms with Gasteiger partial charge in [0.2, 0.25) is 5.91 Å². The van der Waals surface area contributed by atoms with Crippen molar-refractivity contribution in [3.05, 3.63) is 65.5 Å². The minimum atomic E-state index is -0.239. The van der Waals surface area contributed by atoms with Gasteiger partial charge in [0.25, 0.3) is 0 Å². The van der Waals surface area contributed by atoms with Crippen LogP contribution in [-0.4, -0.2) is 5.91 Å². The Morgan fingerprint density at radius 3 is 2.43 bits per heavy atom. The van der Waals surface area contributed by atoms with Crippen LogP contribution in [0.5, 0.6) is 0 Å². The maximum Gasteiger partial charge on any atom is 0.228 e. The van der Waals surface area contributed by atoms with Crippen LogP contribution in [-0.2, 0) is 11.2 Å². The van der Waals surface area contributed by atoms with Crippen LogP contribution in [0.2, 0.25) is 0 Å². The number of carbonyl (C=O) groups is 1. The van der Waals surface area contributed by atoms with Crippen LogP contribution in [0.15, 0.2) is 48.5 Å². The summed E-state index contributed by atoms with van der Waals surface area (Å²) in [5.41, 5.74) is 3.13. The molecule has 21 heavy (non-hydrogen) atoms. The van der Waals surface area contributed by atoms with Crippen molar-refractivity contribution in [2.75, 3.05) is 5.32 Å².